The molecule has 0 aliphatic carbocycles. The standard InChI is InChI=1S/C14H23N/c1-5-11(4)12-6-8-13(9-7-12)14(15)10(2)3/h6-11,14H,5,15H2,1-4H3/p+1/t11-,14-/m0/s1. The van der Waals surface area contributed by atoms with Gasteiger partial charge >= 0.3 is 0 Å². The Morgan fingerprint density at radius 3 is 1.87 bits per heavy atom. The summed E-state index contributed by atoms with van der Waals surface area (Å²) in [5, 5.41) is 0. The minimum Gasteiger partial charge on any atom is -0.351 e. The number of hydrogen-bond acceptors (Lipinski definition) is 0. The molecule has 0 radical (unpaired) electrons. The lowest BCUT2D eigenvalue weighted by Crippen LogP contribution is -2.55. The second-order valence-corrected chi connectivity index (χ2v) is 4.83. The second-order valence-electron chi connectivity index (χ2n) is 4.83. The molecule has 0 bridgehead atoms. The van der Waals surface area contributed by atoms with Gasteiger partial charge in [0.25, 0.3) is 0 Å². The molecular weight excluding hydrogens is 182 g/mol. The molecule has 1 aromatic rings. The van der Waals surface area contributed by atoms with Gasteiger partial charge in [0, 0.05) is 11.5 Å². The van der Waals surface area contributed by atoms with E-state index in [4.69, 9.17) is 0 Å². The highest BCUT2D eigenvalue weighted by Gasteiger charge is 2.14. The number of hydrogen-bond donors (Lipinski definition) is 1. The van der Waals surface area contributed by atoms with E-state index in [1.165, 1.54) is 17.5 Å². The first-order chi connectivity index (χ1) is 7.06. The summed E-state index contributed by atoms with van der Waals surface area (Å²) in [4.78, 5) is 0. The topological polar surface area (TPSA) is 27.6 Å². The normalized spacial score (nSPS) is 15.3. The first-order valence-corrected chi connectivity index (χ1v) is 5.99. The van der Waals surface area contributed by atoms with Crippen LogP contribution in [0.3, 0.4) is 0 Å². The van der Waals surface area contributed by atoms with Crippen LogP contribution in [0.25, 0.3) is 0 Å². The van der Waals surface area contributed by atoms with Crippen molar-refractivity contribution in [2.24, 2.45) is 5.92 Å². The first kappa shape index (κ1) is 12.3. The Morgan fingerprint density at radius 2 is 1.47 bits per heavy atom. The summed E-state index contributed by atoms with van der Waals surface area (Å²) >= 11 is 0. The van der Waals surface area contributed by atoms with Gasteiger partial charge in [-0.25, -0.2) is 0 Å². The van der Waals surface area contributed by atoms with Gasteiger partial charge in [-0.3, -0.25) is 0 Å². The highest BCUT2D eigenvalue weighted by molar-refractivity contribution is 5.26. The van der Waals surface area contributed by atoms with E-state index in [9.17, 15) is 0 Å². The Labute approximate surface area is 93.7 Å². The monoisotopic (exact) mass is 206 g/mol. The quantitative estimate of drug-likeness (QED) is 0.784. The summed E-state index contributed by atoms with van der Waals surface area (Å²) in [7, 11) is 0. The average molecular weight is 206 g/mol. The lowest BCUT2D eigenvalue weighted by Gasteiger charge is -2.14. The molecule has 0 saturated heterocycles. The van der Waals surface area contributed by atoms with Crippen molar-refractivity contribution in [3.05, 3.63) is 35.4 Å². The van der Waals surface area contributed by atoms with Crippen LogP contribution in [-0.4, -0.2) is 0 Å². The van der Waals surface area contributed by atoms with Crippen molar-refractivity contribution in [2.45, 2.75) is 46.1 Å². The van der Waals surface area contributed by atoms with Crippen LogP contribution in [0, 0.1) is 5.92 Å². The lowest BCUT2D eigenvalue weighted by molar-refractivity contribution is -0.438. The van der Waals surface area contributed by atoms with Crippen molar-refractivity contribution in [3.8, 4) is 0 Å². The second kappa shape index (κ2) is 5.32. The third-order valence-electron chi connectivity index (χ3n) is 3.35. The van der Waals surface area contributed by atoms with Gasteiger partial charge in [0.2, 0.25) is 0 Å². The number of rotatable bonds is 4. The maximum Gasteiger partial charge on any atom is 0.112 e. The molecular formula is C14H24N+. The Morgan fingerprint density at radius 1 is 1.00 bits per heavy atom. The molecule has 1 heteroatoms. The summed E-state index contributed by atoms with van der Waals surface area (Å²) in [6, 6.07) is 9.39. The highest BCUT2D eigenvalue weighted by atomic mass is 14.6. The largest absolute Gasteiger partial charge is 0.351 e. The van der Waals surface area contributed by atoms with Crippen molar-refractivity contribution in [3.63, 3.8) is 0 Å². The van der Waals surface area contributed by atoms with Gasteiger partial charge in [-0.15, -0.1) is 0 Å². The smallest absolute Gasteiger partial charge is 0.112 e. The molecule has 0 unspecified atom stereocenters. The van der Waals surface area contributed by atoms with Crippen LogP contribution in [0.2, 0.25) is 0 Å². The molecule has 0 saturated carbocycles. The average Bonchev–Trinajstić information content (AvgIpc) is 2.27. The van der Waals surface area contributed by atoms with Gasteiger partial charge in [-0.2, -0.15) is 0 Å². The van der Waals surface area contributed by atoms with Crippen LogP contribution < -0.4 is 5.73 Å². The zero-order chi connectivity index (χ0) is 11.4. The van der Waals surface area contributed by atoms with Gasteiger partial charge in [-0.1, -0.05) is 52.0 Å². The fourth-order valence-corrected chi connectivity index (χ4v) is 1.69. The maximum absolute atomic E-state index is 4.20. The zero-order valence-corrected chi connectivity index (χ0v) is 10.5. The van der Waals surface area contributed by atoms with E-state index < -0.39 is 0 Å². The molecule has 0 fully saturated rings. The molecule has 3 N–H and O–H groups in total. The van der Waals surface area contributed by atoms with Crippen LogP contribution in [0.5, 0.6) is 0 Å². The Hall–Kier alpha value is -0.820. The fourth-order valence-electron chi connectivity index (χ4n) is 1.69. The number of quaternary nitrogens is 1. The summed E-state index contributed by atoms with van der Waals surface area (Å²) in [5.41, 5.74) is 7.00. The van der Waals surface area contributed by atoms with Crippen LogP contribution in [-0.2, 0) is 0 Å². The van der Waals surface area contributed by atoms with E-state index in [2.05, 4.69) is 57.7 Å². The molecule has 0 spiro atoms. The lowest BCUT2D eigenvalue weighted by atomic mass is 9.93. The minimum atomic E-state index is 0.413. The maximum atomic E-state index is 4.20. The van der Waals surface area contributed by atoms with E-state index in [1.54, 1.807) is 0 Å². The molecule has 0 aliphatic rings. The van der Waals surface area contributed by atoms with Crippen LogP contribution in [0.4, 0.5) is 0 Å². The number of benzene rings is 1. The first-order valence-electron chi connectivity index (χ1n) is 5.99. The predicted octanol–water partition coefficient (Wildman–Crippen LogP) is 3.14. The van der Waals surface area contributed by atoms with Gasteiger partial charge in [0.1, 0.15) is 6.04 Å². The van der Waals surface area contributed by atoms with E-state index in [-0.39, 0.29) is 0 Å². The van der Waals surface area contributed by atoms with Crippen LogP contribution >= 0.6 is 0 Å². The molecule has 0 amide bonds. The van der Waals surface area contributed by atoms with Crippen molar-refractivity contribution in [1.29, 1.82) is 0 Å². The third kappa shape index (κ3) is 3.07. The molecule has 2 atom stereocenters. The summed E-state index contributed by atoms with van der Waals surface area (Å²) < 4.78 is 0. The van der Waals surface area contributed by atoms with E-state index >= 15 is 0 Å². The van der Waals surface area contributed by atoms with Crippen molar-refractivity contribution >= 4 is 0 Å². The van der Waals surface area contributed by atoms with Crippen LogP contribution in [0.15, 0.2) is 24.3 Å². The minimum absolute atomic E-state index is 0.413. The fraction of sp³-hybridized carbons (Fsp3) is 0.571. The Kier molecular flexibility index (Phi) is 4.34. The molecule has 15 heavy (non-hydrogen) atoms. The van der Waals surface area contributed by atoms with Crippen molar-refractivity contribution in [1.82, 2.24) is 0 Å². The summed E-state index contributed by atoms with van der Waals surface area (Å²) in [6.07, 6.45) is 1.21. The molecule has 0 heterocycles. The molecule has 1 nitrogen and oxygen atoms in total. The molecule has 1 rings (SSSR count). The molecule has 0 aliphatic heterocycles. The van der Waals surface area contributed by atoms with E-state index in [0.29, 0.717) is 17.9 Å². The van der Waals surface area contributed by atoms with Gasteiger partial charge in [-0.05, 0) is 17.9 Å². The summed E-state index contributed by atoms with van der Waals surface area (Å²) in [6.45, 7) is 8.95. The van der Waals surface area contributed by atoms with Crippen LogP contribution in [0.1, 0.15) is 57.2 Å². The Balaban J connectivity index is 2.80. The van der Waals surface area contributed by atoms with E-state index in [0.717, 1.165) is 0 Å². The third-order valence-corrected chi connectivity index (χ3v) is 3.35. The van der Waals surface area contributed by atoms with Gasteiger partial charge in [0.05, 0.1) is 0 Å². The molecule has 0 aromatic heterocycles. The highest BCUT2D eigenvalue weighted by Crippen LogP contribution is 2.22. The van der Waals surface area contributed by atoms with E-state index in [1.807, 2.05) is 0 Å². The van der Waals surface area contributed by atoms with Gasteiger partial charge in [0.15, 0.2) is 0 Å². The predicted molar refractivity (Wildman–Crippen MR) is 65.6 cm³/mol. The summed E-state index contributed by atoms with van der Waals surface area (Å²) in [5.74, 6) is 1.28. The van der Waals surface area contributed by atoms with Crippen molar-refractivity contribution < 1.29 is 5.73 Å². The van der Waals surface area contributed by atoms with Crippen molar-refractivity contribution in [2.75, 3.05) is 0 Å². The SMILES string of the molecule is CC[C@H](C)c1ccc([C@@H]([NH3+])C(C)C)cc1. The van der Waals surface area contributed by atoms with Gasteiger partial charge < -0.3 is 5.73 Å². The molecule has 84 valence electrons. The Bertz CT molecular complexity index is 287. The molecule has 1 aromatic carbocycles. The zero-order valence-electron chi connectivity index (χ0n) is 10.5.